The van der Waals surface area contributed by atoms with E-state index in [1.54, 1.807) is 6.92 Å². The van der Waals surface area contributed by atoms with Crippen LogP contribution in [0.4, 0.5) is 19.0 Å². The zero-order chi connectivity index (χ0) is 17.3. The van der Waals surface area contributed by atoms with Crippen LogP contribution in [0.3, 0.4) is 0 Å². The molecule has 1 aliphatic heterocycles. The van der Waals surface area contributed by atoms with E-state index in [4.69, 9.17) is 0 Å². The Hall–Kier alpha value is -2.23. The molecule has 1 atom stereocenters. The van der Waals surface area contributed by atoms with Gasteiger partial charge in [-0.25, -0.2) is 4.98 Å². The van der Waals surface area contributed by atoms with Gasteiger partial charge in [0.25, 0.3) is 5.91 Å². The highest BCUT2D eigenvalue weighted by atomic mass is 32.1. The van der Waals surface area contributed by atoms with Gasteiger partial charge in [-0.1, -0.05) is 4.49 Å². The summed E-state index contributed by atoms with van der Waals surface area (Å²) in [6.45, 7) is 2.82. The molecule has 2 aromatic rings. The van der Waals surface area contributed by atoms with Crippen LogP contribution in [-0.4, -0.2) is 39.6 Å². The zero-order valence-electron chi connectivity index (χ0n) is 12.7. The Labute approximate surface area is 139 Å². The van der Waals surface area contributed by atoms with Crippen LogP contribution in [0.15, 0.2) is 18.3 Å². The molecule has 1 unspecified atom stereocenters. The summed E-state index contributed by atoms with van der Waals surface area (Å²) in [5.41, 5.74) is -0.194. The average molecular weight is 357 g/mol. The van der Waals surface area contributed by atoms with Gasteiger partial charge in [-0.05, 0) is 37.0 Å². The first kappa shape index (κ1) is 16.6. The second-order valence-corrected chi connectivity index (χ2v) is 6.25. The summed E-state index contributed by atoms with van der Waals surface area (Å²) in [7, 11) is 0. The number of alkyl halides is 3. The lowest BCUT2D eigenvalue weighted by molar-refractivity contribution is -0.137. The van der Waals surface area contributed by atoms with Gasteiger partial charge in [0.2, 0.25) is 0 Å². The fraction of sp³-hybridized carbons (Fsp3) is 0.429. The van der Waals surface area contributed by atoms with Crippen LogP contribution in [0.25, 0.3) is 0 Å². The van der Waals surface area contributed by atoms with Gasteiger partial charge in [0, 0.05) is 25.3 Å². The topological polar surface area (TPSA) is 71.0 Å². The number of nitrogens with one attached hydrogen (secondary N) is 1. The number of carbonyl (C=O) groups is 1. The largest absolute Gasteiger partial charge is 0.417 e. The second kappa shape index (κ2) is 6.34. The molecule has 128 valence electrons. The smallest absolute Gasteiger partial charge is 0.354 e. The van der Waals surface area contributed by atoms with Crippen LogP contribution in [0.5, 0.6) is 0 Å². The Bertz CT molecular complexity index is 731. The lowest BCUT2D eigenvalue weighted by Gasteiger charge is -2.18. The number of hydrogen-bond acceptors (Lipinski definition) is 6. The average Bonchev–Trinajstić information content (AvgIpc) is 3.15. The van der Waals surface area contributed by atoms with Crippen LogP contribution in [0, 0.1) is 6.92 Å². The fourth-order valence-electron chi connectivity index (χ4n) is 2.52. The molecule has 3 rings (SSSR count). The van der Waals surface area contributed by atoms with Crippen LogP contribution in [0.2, 0.25) is 0 Å². The van der Waals surface area contributed by atoms with E-state index >= 15 is 0 Å². The number of amides is 1. The lowest BCUT2D eigenvalue weighted by Crippen LogP contribution is -2.37. The predicted octanol–water partition coefficient (Wildman–Crippen LogP) is 2.27. The number of hydrogen-bond donors (Lipinski definition) is 1. The van der Waals surface area contributed by atoms with Crippen LogP contribution < -0.4 is 10.2 Å². The Kier molecular flexibility index (Phi) is 4.39. The molecule has 2 aromatic heterocycles. The van der Waals surface area contributed by atoms with Crippen LogP contribution in [0.1, 0.15) is 27.3 Å². The van der Waals surface area contributed by atoms with E-state index in [9.17, 15) is 18.0 Å². The highest BCUT2D eigenvalue weighted by Crippen LogP contribution is 2.29. The first-order valence-corrected chi connectivity index (χ1v) is 8.00. The first-order chi connectivity index (χ1) is 11.3. The number of pyridine rings is 1. The molecule has 10 heteroatoms. The molecule has 0 saturated carbocycles. The number of anilines is 1. The molecular weight excluding hydrogens is 343 g/mol. The minimum atomic E-state index is -4.40. The van der Waals surface area contributed by atoms with Crippen molar-refractivity contribution < 1.29 is 18.0 Å². The summed E-state index contributed by atoms with van der Waals surface area (Å²) >= 11 is 1.04. The van der Waals surface area contributed by atoms with Gasteiger partial charge in [-0.15, -0.1) is 5.10 Å². The third-order valence-electron chi connectivity index (χ3n) is 3.78. The van der Waals surface area contributed by atoms with Crippen LogP contribution in [-0.2, 0) is 6.18 Å². The van der Waals surface area contributed by atoms with Gasteiger partial charge >= 0.3 is 6.18 Å². The summed E-state index contributed by atoms with van der Waals surface area (Å²) in [6, 6.07) is 2.27. The molecule has 24 heavy (non-hydrogen) atoms. The normalized spacial score (nSPS) is 18.0. The minimum absolute atomic E-state index is 0.0944. The van der Waals surface area contributed by atoms with Gasteiger partial charge in [0.1, 0.15) is 10.7 Å². The second-order valence-electron chi connectivity index (χ2n) is 5.50. The molecule has 0 aliphatic carbocycles. The summed E-state index contributed by atoms with van der Waals surface area (Å²) < 4.78 is 41.4. The lowest BCUT2D eigenvalue weighted by atomic mass is 10.2. The maximum absolute atomic E-state index is 12.6. The third kappa shape index (κ3) is 3.48. The number of aromatic nitrogens is 3. The van der Waals surface area contributed by atoms with Crippen molar-refractivity contribution in [3.8, 4) is 0 Å². The molecule has 1 fully saturated rings. The fourth-order valence-corrected chi connectivity index (χ4v) is 3.08. The summed E-state index contributed by atoms with van der Waals surface area (Å²) in [4.78, 5) is 18.3. The number of nitrogens with zero attached hydrogens (tertiary/aromatic N) is 4. The quantitative estimate of drug-likeness (QED) is 0.912. The van der Waals surface area contributed by atoms with E-state index in [2.05, 4.69) is 19.9 Å². The number of carbonyl (C=O) groups excluding carboxylic acids is 1. The third-order valence-corrected chi connectivity index (χ3v) is 4.61. The molecular formula is C14H14F3N5OS. The Balaban J connectivity index is 1.61. The summed E-state index contributed by atoms with van der Waals surface area (Å²) in [5.74, 6) is 0.241. The predicted molar refractivity (Wildman–Crippen MR) is 82.0 cm³/mol. The highest BCUT2D eigenvalue weighted by molar-refractivity contribution is 7.08. The van der Waals surface area contributed by atoms with E-state index < -0.39 is 11.7 Å². The Morgan fingerprint density at radius 1 is 1.42 bits per heavy atom. The summed E-state index contributed by atoms with van der Waals surface area (Å²) in [6.07, 6.45) is -2.87. The van der Waals surface area contributed by atoms with Gasteiger partial charge < -0.3 is 10.2 Å². The molecule has 6 nitrogen and oxygen atoms in total. The van der Waals surface area contributed by atoms with Crippen molar-refractivity contribution >= 4 is 23.3 Å². The monoisotopic (exact) mass is 357 g/mol. The number of aryl methyl sites for hydroxylation is 1. The van der Waals surface area contributed by atoms with Crippen molar-refractivity contribution in [1.82, 2.24) is 19.9 Å². The molecule has 1 N–H and O–H groups in total. The number of halogens is 3. The van der Waals surface area contributed by atoms with Crippen molar-refractivity contribution in [1.29, 1.82) is 0 Å². The van der Waals surface area contributed by atoms with E-state index in [0.717, 1.165) is 23.8 Å². The SMILES string of the molecule is Cc1nnsc1C(=O)NC1CCN(c2ccc(C(F)(F)F)cn2)C1. The molecule has 1 saturated heterocycles. The molecule has 0 radical (unpaired) electrons. The van der Waals surface area contributed by atoms with E-state index in [0.29, 0.717) is 35.9 Å². The molecule has 0 spiro atoms. The molecule has 0 bridgehead atoms. The van der Waals surface area contributed by atoms with Gasteiger partial charge in [-0.2, -0.15) is 13.2 Å². The van der Waals surface area contributed by atoms with Crippen LogP contribution >= 0.6 is 11.5 Å². The van der Waals surface area contributed by atoms with Gasteiger partial charge in [0.05, 0.1) is 11.3 Å². The standard InChI is InChI=1S/C14H14F3N5OS/c1-8-12(24-21-20-8)13(23)19-10-4-5-22(7-10)11-3-2-9(6-18-11)14(15,16)17/h2-3,6,10H,4-5,7H2,1H3,(H,19,23). The van der Waals surface area contributed by atoms with E-state index in [1.807, 2.05) is 4.90 Å². The highest BCUT2D eigenvalue weighted by Gasteiger charge is 2.31. The van der Waals surface area contributed by atoms with Crippen molar-refractivity contribution in [2.75, 3.05) is 18.0 Å². The van der Waals surface area contributed by atoms with Crippen molar-refractivity contribution in [3.05, 3.63) is 34.5 Å². The zero-order valence-corrected chi connectivity index (χ0v) is 13.5. The van der Waals surface area contributed by atoms with Crippen molar-refractivity contribution in [3.63, 3.8) is 0 Å². The molecule has 3 heterocycles. The maximum Gasteiger partial charge on any atom is 0.417 e. The number of rotatable bonds is 3. The molecule has 1 amide bonds. The molecule has 1 aliphatic rings. The minimum Gasteiger partial charge on any atom is -0.354 e. The van der Waals surface area contributed by atoms with Crippen molar-refractivity contribution in [2.24, 2.45) is 0 Å². The Morgan fingerprint density at radius 2 is 2.21 bits per heavy atom. The van der Waals surface area contributed by atoms with E-state index in [-0.39, 0.29) is 11.9 Å². The van der Waals surface area contributed by atoms with E-state index in [1.165, 1.54) is 6.07 Å². The summed E-state index contributed by atoms with van der Waals surface area (Å²) in [5, 5.41) is 6.70. The van der Waals surface area contributed by atoms with Crippen molar-refractivity contribution in [2.45, 2.75) is 25.6 Å². The van der Waals surface area contributed by atoms with Gasteiger partial charge in [-0.3, -0.25) is 4.79 Å². The maximum atomic E-state index is 12.6. The molecule has 0 aromatic carbocycles. The Morgan fingerprint density at radius 3 is 2.79 bits per heavy atom. The first-order valence-electron chi connectivity index (χ1n) is 7.22. The van der Waals surface area contributed by atoms with Gasteiger partial charge in [0.15, 0.2) is 0 Å².